The van der Waals surface area contributed by atoms with E-state index in [0.717, 1.165) is 4.88 Å². The Bertz CT molecular complexity index is 534. The molecule has 1 amide bonds. The minimum atomic E-state index is -0.464. The number of carbonyl (C=O) groups is 2. The third-order valence-electron chi connectivity index (χ3n) is 2.40. The summed E-state index contributed by atoms with van der Waals surface area (Å²) in [6, 6.07) is 7.24. The Morgan fingerprint density at radius 2 is 2.00 bits per heavy atom. The third kappa shape index (κ3) is 3.90. The first kappa shape index (κ1) is 13.8. The van der Waals surface area contributed by atoms with E-state index < -0.39 is 5.97 Å². The molecule has 19 heavy (non-hydrogen) atoms. The van der Waals surface area contributed by atoms with Crippen LogP contribution in [0.25, 0.3) is 0 Å². The maximum atomic E-state index is 11.6. The molecule has 0 radical (unpaired) electrons. The SMILES string of the molecule is C[C@@H](NC(=O)COC(=O)c1cccs1)c1cccs1. The molecular weight excluding hydrogens is 282 g/mol. The van der Waals surface area contributed by atoms with Gasteiger partial charge < -0.3 is 10.1 Å². The summed E-state index contributed by atoms with van der Waals surface area (Å²) in [5.74, 6) is -0.764. The van der Waals surface area contributed by atoms with Gasteiger partial charge in [-0.15, -0.1) is 22.7 Å². The van der Waals surface area contributed by atoms with Crippen LogP contribution in [-0.2, 0) is 9.53 Å². The molecule has 6 heteroatoms. The van der Waals surface area contributed by atoms with E-state index in [1.54, 1.807) is 28.8 Å². The summed E-state index contributed by atoms with van der Waals surface area (Å²) < 4.78 is 4.93. The van der Waals surface area contributed by atoms with Crippen molar-refractivity contribution in [1.29, 1.82) is 0 Å². The van der Waals surface area contributed by atoms with Gasteiger partial charge >= 0.3 is 5.97 Å². The highest BCUT2D eigenvalue weighted by Crippen LogP contribution is 2.17. The molecule has 0 saturated carbocycles. The van der Waals surface area contributed by atoms with Crippen LogP contribution >= 0.6 is 22.7 Å². The van der Waals surface area contributed by atoms with Crippen LogP contribution < -0.4 is 5.32 Å². The number of hydrogen-bond donors (Lipinski definition) is 1. The molecule has 2 aromatic rings. The van der Waals surface area contributed by atoms with Crippen LogP contribution in [0, 0.1) is 0 Å². The van der Waals surface area contributed by atoms with Crippen molar-refractivity contribution >= 4 is 34.6 Å². The fourth-order valence-electron chi connectivity index (χ4n) is 1.49. The highest BCUT2D eigenvalue weighted by Gasteiger charge is 2.13. The minimum Gasteiger partial charge on any atom is -0.451 e. The monoisotopic (exact) mass is 295 g/mol. The molecule has 0 unspecified atom stereocenters. The average molecular weight is 295 g/mol. The van der Waals surface area contributed by atoms with Crippen molar-refractivity contribution in [3.8, 4) is 0 Å². The van der Waals surface area contributed by atoms with E-state index in [9.17, 15) is 9.59 Å². The molecule has 1 N–H and O–H groups in total. The molecule has 0 aliphatic rings. The average Bonchev–Trinajstić information content (AvgIpc) is 3.07. The standard InChI is InChI=1S/C13H13NO3S2/c1-9(10-4-2-6-18-10)14-12(15)8-17-13(16)11-5-3-7-19-11/h2-7,9H,8H2,1H3,(H,14,15)/t9-/m1/s1. The van der Waals surface area contributed by atoms with Crippen molar-refractivity contribution in [2.45, 2.75) is 13.0 Å². The lowest BCUT2D eigenvalue weighted by molar-refractivity contribution is -0.124. The normalized spacial score (nSPS) is 11.8. The Morgan fingerprint density at radius 3 is 2.63 bits per heavy atom. The molecule has 4 nitrogen and oxygen atoms in total. The molecule has 0 aromatic carbocycles. The van der Waals surface area contributed by atoms with E-state index in [4.69, 9.17) is 4.74 Å². The predicted molar refractivity (Wildman–Crippen MR) is 75.5 cm³/mol. The van der Waals surface area contributed by atoms with Crippen LogP contribution in [0.4, 0.5) is 0 Å². The second kappa shape index (κ2) is 6.49. The van der Waals surface area contributed by atoms with Crippen molar-refractivity contribution in [1.82, 2.24) is 5.32 Å². The second-order valence-electron chi connectivity index (χ2n) is 3.86. The van der Waals surface area contributed by atoms with Gasteiger partial charge in [-0.25, -0.2) is 4.79 Å². The Labute approximate surface area is 119 Å². The van der Waals surface area contributed by atoms with Crippen LogP contribution in [0.15, 0.2) is 35.0 Å². The van der Waals surface area contributed by atoms with Gasteiger partial charge in [-0.2, -0.15) is 0 Å². The van der Waals surface area contributed by atoms with Gasteiger partial charge in [0.25, 0.3) is 5.91 Å². The molecule has 0 spiro atoms. The van der Waals surface area contributed by atoms with Crippen molar-refractivity contribution in [3.63, 3.8) is 0 Å². The smallest absolute Gasteiger partial charge is 0.348 e. The van der Waals surface area contributed by atoms with Gasteiger partial charge in [0.1, 0.15) is 4.88 Å². The summed E-state index contributed by atoms with van der Waals surface area (Å²) in [6.45, 7) is 1.64. The molecule has 0 fully saturated rings. The number of esters is 1. The van der Waals surface area contributed by atoms with Crippen LogP contribution in [0.3, 0.4) is 0 Å². The molecule has 0 bridgehead atoms. The first-order chi connectivity index (χ1) is 9.16. The van der Waals surface area contributed by atoms with E-state index >= 15 is 0 Å². The van der Waals surface area contributed by atoms with Crippen molar-refractivity contribution in [2.24, 2.45) is 0 Å². The van der Waals surface area contributed by atoms with Gasteiger partial charge in [-0.3, -0.25) is 4.79 Å². The number of thiophene rings is 2. The minimum absolute atomic E-state index is 0.0760. The van der Waals surface area contributed by atoms with E-state index in [-0.39, 0.29) is 18.6 Å². The molecule has 1 atom stereocenters. The molecule has 2 heterocycles. The van der Waals surface area contributed by atoms with Crippen LogP contribution in [-0.4, -0.2) is 18.5 Å². The Morgan fingerprint density at radius 1 is 1.26 bits per heavy atom. The zero-order valence-electron chi connectivity index (χ0n) is 10.3. The van der Waals surface area contributed by atoms with Crippen LogP contribution in [0.1, 0.15) is 27.5 Å². The van der Waals surface area contributed by atoms with E-state index in [1.807, 2.05) is 24.4 Å². The Kier molecular flexibility index (Phi) is 4.70. The molecule has 100 valence electrons. The number of carbonyl (C=O) groups excluding carboxylic acids is 2. The lowest BCUT2D eigenvalue weighted by Crippen LogP contribution is -2.30. The van der Waals surface area contributed by atoms with Gasteiger partial charge in [-0.1, -0.05) is 12.1 Å². The number of hydrogen-bond acceptors (Lipinski definition) is 5. The fourth-order valence-corrected chi connectivity index (χ4v) is 2.84. The fraction of sp³-hybridized carbons (Fsp3) is 0.231. The van der Waals surface area contributed by atoms with Gasteiger partial charge in [-0.05, 0) is 29.8 Å². The van der Waals surface area contributed by atoms with E-state index in [1.165, 1.54) is 11.3 Å². The lowest BCUT2D eigenvalue weighted by Gasteiger charge is -2.12. The van der Waals surface area contributed by atoms with Gasteiger partial charge in [0.2, 0.25) is 0 Å². The Hall–Kier alpha value is -1.66. The number of rotatable bonds is 5. The summed E-state index contributed by atoms with van der Waals surface area (Å²) in [6.07, 6.45) is 0. The highest BCUT2D eigenvalue weighted by molar-refractivity contribution is 7.12. The zero-order chi connectivity index (χ0) is 13.7. The number of amides is 1. The van der Waals surface area contributed by atoms with Crippen molar-refractivity contribution in [3.05, 3.63) is 44.8 Å². The molecule has 0 saturated heterocycles. The van der Waals surface area contributed by atoms with E-state index in [2.05, 4.69) is 5.32 Å². The van der Waals surface area contributed by atoms with Crippen LogP contribution in [0.5, 0.6) is 0 Å². The third-order valence-corrected chi connectivity index (χ3v) is 4.31. The molecule has 0 aliphatic heterocycles. The summed E-state index contributed by atoms with van der Waals surface area (Å²) in [4.78, 5) is 24.7. The predicted octanol–water partition coefficient (Wildman–Crippen LogP) is 2.84. The number of nitrogens with one attached hydrogen (secondary N) is 1. The number of ether oxygens (including phenoxy) is 1. The molecule has 2 rings (SSSR count). The zero-order valence-corrected chi connectivity index (χ0v) is 11.9. The lowest BCUT2D eigenvalue weighted by atomic mass is 10.3. The summed E-state index contributed by atoms with van der Waals surface area (Å²) in [5, 5.41) is 6.52. The van der Waals surface area contributed by atoms with Gasteiger partial charge in [0.15, 0.2) is 6.61 Å². The second-order valence-corrected chi connectivity index (χ2v) is 5.79. The first-order valence-electron chi connectivity index (χ1n) is 5.70. The van der Waals surface area contributed by atoms with E-state index in [0.29, 0.717) is 4.88 Å². The maximum absolute atomic E-state index is 11.6. The van der Waals surface area contributed by atoms with Gasteiger partial charge in [0.05, 0.1) is 6.04 Å². The van der Waals surface area contributed by atoms with Gasteiger partial charge in [0, 0.05) is 4.88 Å². The summed E-state index contributed by atoms with van der Waals surface area (Å²) in [5.41, 5.74) is 0. The van der Waals surface area contributed by atoms with Crippen LogP contribution in [0.2, 0.25) is 0 Å². The first-order valence-corrected chi connectivity index (χ1v) is 7.46. The largest absolute Gasteiger partial charge is 0.451 e. The summed E-state index contributed by atoms with van der Waals surface area (Å²) >= 11 is 2.86. The quantitative estimate of drug-likeness (QED) is 0.863. The molecule has 0 aliphatic carbocycles. The summed E-state index contributed by atoms with van der Waals surface area (Å²) in [7, 11) is 0. The highest BCUT2D eigenvalue weighted by atomic mass is 32.1. The molecule has 2 aromatic heterocycles. The topological polar surface area (TPSA) is 55.4 Å². The van der Waals surface area contributed by atoms with Crippen molar-refractivity contribution in [2.75, 3.05) is 6.61 Å². The van der Waals surface area contributed by atoms with Crippen molar-refractivity contribution < 1.29 is 14.3 Å². The Balaban J connectivity index is 1.77. The maximum Gasteiger partial charge on any atom is 0.348 e. The molecular formula is C13H13NO3S2.